The minimum Gasteiger partial charge on any atom is -0.468 e. The summed E-state index contributed by atoms with van der Waals surface area (Å²) in [5, 5.41) is 4.18. The van der Waals surface area contributed by atoms with E-state index in [1.165, 1.54) is 7.11 Å². The lowest BCUT2D eigenvalue weighted by atomic mass is 9.93. The van der Waals surface area contributed by atoms with E-state index >= 15 is 0 Å². The number of esters is 1. The molecular weight excluding hydrogens is 362 g/mol. The van der Waals surface area contributed by atoms with Gasteiger partial charge in [-0.25, -0.2) is 4.79 Å². The Kier molecular flexibility index (Phi) is 6.62. The minimum atomic E-state index is -0.530. The number of rotatable bonds is 4. The molecule has 2 rings (SSSR count). The number of hydrogen-bond acceptors (Lipinski definition) is 7. The molecule has 1 saturated heterocycles. The molecule has 1 aromatic rings. The molecule has 0 bridgehead atoms. The van der Waals surface area contributed by atoms with E-state index in [0.29, 0.717) is 24.7 Å². The Balaban J connectivity index is 2.15. The number of carbonyl (C=O) groups is 2. The Morgan fingerprint density at radius 2 is 1.86 bits per heavy atom. The van der Waals surface area contributed by atoms with Crippen LogP contribution in [0.5, 0.6) is 0 Å². The van der Waals surface area contributed by atoms with Crippen LogP contribution in [-0.4, -0.2) is 60.0 Å². The van der Waals surface area contributed by atoms with Gasteiger partial charge in [-0.2, -0.15) is 0 Å². The summed E-state index contributed by atoms with van der Waals surface area (Å²) in [5.41, 5.74) is -0.530. The van der Waals surface area contributed by atoms with Crippen LogP contribution in [0.3, 0.4) is 0 Å². The Morgan fingerprint density at radius 3 is 2.39 bits per heavy atom. The molecule has 3 atom stereocenters. The van der Waals surface area contributed by atoms with E-state index in [9.17, 15) is 9.59 Å². The molecule has 0 N–H and O–H groups in total. The molecule has 0 radical (unpaired) electrons. The molecule has 0 aliphatic carbocycles. The highest BCUT2D eigenvalue weighted by atomic mass is 16.6. The highest BCUT2D eigenvalue weighted by molar-refractivity contribution is 5.77. The maximum absolute atomic E-state index is 12.5. The molecule has 0 saturated carbocycles. The van der Waals surface area contributed by atoms with Gasteiger partial charge in [0.15, 0.2) is 11.6 Å². The number of carbonyl (C=O) groups excluding carboxylic acids is 2. The highest BCUT2D eigenvalue weighted by Crippen LogP contribution is 2.31. The summed E-state index contributed by atoms with van der Waals surface area (Å²) in [6.07, 6.45) is -0.307. The van der Waals surface area contributed by atoms with Gasteiger partial charge in [0.05, 0.1) is 7.11 Å². The lowest BCUT2D eigenvalue weighted by molar-refractivity contribution is -0.144. The molecule has 0 aromatic carbocycles. The lowest BCUT2D eigenvalue weighted by Crippen LogP contribution is -2.59. The average molecular weight is 396 g/mol. The first-order valence-corrected chi connectivity index (χ1v) is 9.75. The van der Waals surface area contributed by atoms with E-state index in [1.807, 2.05) is 48.5 Å². The molecule has 8 nitrogen and oxygen atoms in total. The fourth-order valence-corrected chi connectivity index (χ4v) is 3.43. The Labute approximate surface area is 167 Å². The summed E-state index contributed by atoms with van der Waals surface area (Å²) in [6.45, 7) is 14.6. The summed E-state index contributed by atoms with van der Waals surface area (Å²) >= 11 is 0. The van der Waals surface area contributed by atoms with E-state index in [-0.39, 0.29) is 30.1 Å². The largest absolute Gasteiger partial charge is 0.468 e. The molecule has 158 valence electrons. The van der Waals surface area contributed by atoms with Crippen molar-refractivity contribution in [2.45, 2.75) is 72.1 Å². The van der Waals surface area contributed by atoms with Gasteiger partial charge in [-0.1, -0.05) is 19.0 Å². The first-order valence-electron chi connectivity index (χ1n) is 9.75. The van der Waals surface area contributed by atoms with Gasteiger partial charge in [0.2, 0.25) is 0 Å². The number of aromatic nitrogens is 1. The van der Waals surface area contributed by atoms with E-state index in [2.05, 4.69) is 10.1 Å². The zero-order valence-electron chi connectivity index (χ0n) is 18.2. The first kappa shape index (κ1) is 22.0. The van der Waals surface area contributed by atoms with Crippen molar-refractivity contribution in [3.63, 3.8) is 0 Å². The van der Waals surface area contributed by atoms with Gasteiger partial charge in [-0.15, -0.1) is 0 Å². The van der Waals surface area contributed by atoms with Gasteiger partial charge in [0.1, 0.15) is 11.5 Å². The van der Waals surface area contributed by atoms with Gasteiger partial charge in [0, 0.05) is 31.2 Å². The van der Waals surface area contributed by atoms with Crippen LogP contribution < -0.4 is 4.90 Å². The lowest BCUT2D eigenvalue weighted by Gasteiger charge is -2.44. The molecule has 0 spiro atoms. The summed E-state index contributed by atoms with van der Waals surface area (Å²) in [4.78, 5) is 28.4. The Bertz CT molecular complexity index is 694. The van der Waals surface area contributed by atoms with Crippen molar-refractivity contribution < 1.29 is 23.6 Å². The van der Waals surface area contributed by atoms with Crippen molar-refractivity contribution >= 4 is 17.9 Å². The van der Waals surface area contributed by atoms with E-state index in [0.717, 1.165) is 0 Å². The van der Waals surface area contributed by atoms with Gasteiger partial charge < -0.3 is 23.8 Å². The van der Waals surface area contributed by atoms with Crippen molar-refractivity contribution in [3.05, 3.63) is 11.8 Å². The zero-order chi connectivity index (χ0) is 21.2. The van der Waals surface area contributed by atoms with Gasteiger partial charge in [0.25, 0.3) is 0 Å². The quantitative estimate of drug-likeness (QED) is 0.722. The molecule has 1 fully saturated rings. The molecule has 2 heterocycles. The molecule has 1 amide bonds. The van der Waals surface area contributed by atoms with Crippen molar-refractivity contribution in [2.24, 2.45) is 5.92 Å². The molecule has 1 aromatic heterocycles. The average Bonchev–Trinajstić information content (AvgIpc) is 3.03. The van der Waals surface area contributed by atoms with Crippen molar-refractivity contribution in [1.29, 1.82) is 0 Å². The fraction of sp³-hybridized carbons (Fsp3) is 0.750. The van der Waals surface area contributed by atoms with Crippen molar-refractivity contribution in [1.82, 2.24) is 10.1 Å². The Hall–Kier alpha value is -2.25. The third-order valence-corrected chi connectivity index (χ3v) is 4.85. The summed E-state index contributed by atoms with van der Waals surface area (Å²) in [6, 6.07) is 1.78. The van der Waals surface area contributed by atoms with Crippen LogP contribution >= 0.6 is 0 Å². The van der Waals surface area contributed by atoms with Crippen LogP contribution in [0.15, 0.2) is 10.6 Å². The number of hydrogen-bond donors (Lipinski definition) is 0. The summed E-state index contributed by atoms with van der Waals surface area (Å²) < 4.78 is 15.9. The zero-order valence-corrected chi connectivity index (χ0v) is 18.2. The Morgan fingerprint density at radius 1 is 1.21 bits per heavy atom. The van der Waals surface area contributed by atoms with Crippen molar-refractivity contribution in [2.75, 3.05) is 25.1 Å². The SMILES string of the molecule is COC(=O)C(c1cc(N2C[C@@H](C)N(C(=O)OC(C)(C)C)C[C@@H]2C)no1)C(C)C. The third-order valence-electron chi connectivity index (χ3n) is 4.85. The van der Waals surface area contributed by atoms with Gasteiger partial charge >= 0.3 is 12.1 Å². The number of ether oxygens (including phenoxy) is 2. The smallest absolute Gasteiger partial charge is 0.410 e. The summed E-state index contributed by atoms with van der Waals surface area (Å²) in [5.74, 6) is 0.337. The van der Waals surface area contributed by atoms with Gasteiger partial charge in [-0.05, 0) is 40.5 Å². The second kappa shape index (κ2) is 8.41. The molecule has 1 aliphatic rings. The number of piperazine rings is 1. The van der Waals surface area contributed by atoms with Crippen LogP contribution in [0.1, 0.15) is 60.1 Å². The molecule has 1 aliphatic heterocycles. The normalized spacial score (nSPS) is 21.6. The molecular formula is C20H33N3O5. The highest BCUT2D eigenvalue weighted by Gasteiger charge is 2.36. The van der Waals surface area contributed by atoms with Gasteiger partial charge in [-0.3, -0.25) is 4.79 Å². The maximum atomic E-state index is 12.5. The predicted octanol–water partition coefficient (Wildman–Crippen LogP) is 3.42. The predicted molar refractivity (Wildman–Crippen MR) is 105 cm³/mol. The molecule has 28 heavy (non-hydrogen) atoms. The minimum absolute atomic E-state index is 0.0219. The first-order chi connectivity index (χ1) is 12.9. The number of anilines is 1. The maximum Gasteiger partial charge on any atom is 0.410 e. The monoisotopic (exact) mass is 395 g/mol. The van der Waals surface area contributed by atoms with Crippen molar-refractivity contribution in [3.8, 4) is 0 Å². The summed E-state index contributed by atoms with van der Waals surface area (Å²) in [7, 11) is 1.37. The second-order valence-electron chi connectivity index (χ2n) is 8.82. The van der Waals surface area contributed by atoms with Crippen LogP contribution in [0.2, 0.25) is 0 Å². The van der Waals surface area contributed by atoms with Crippen LogP contribution in [0, 0.1) is 5.92 Å². The molecule has 1 unspecified atom stereocenters. The third kappa shape index (κ3) is 4.97. The van der Waals surface area contributed by atoms with E-state index in [4.69, 9.17) is 14.0 Å². The topological polar surface area (TPSA) is 85.1 Å². The van der Waals surface area contributed by atoms with E-state index in [1.54, 1.807) is 11.0 Å². The van der Waals surface area contributed by atoms with Crippen LogP contribution in [-0.2, 0) is 14.3 Å². The standard InChI is InChI=1S/C20H33N3O5/c1-12(2)17(18(24)26-8)15-9-16(21-28-15)22-10-14(4)23(11-13(22)3)19(25)27-20(5,6)7/h9,12-14,17H,10-11H2,1-8H3/t13-,14+,17?/m0/s1. The van der Waals surface area contributed by atoms with Crippen LogP contribution in [0.25, 0.3) is 0 Å². The number of amides is 1. The second-order valence-corrected chi connectivity index (χ2v) is 8.82. The molecule has 8 heteroatoms. The number of nitrogens with zero attached hydrogens (tertiary/aromatic N) is 3. The van der Waals surface area contributed by atoms with E-state index < -0.39 is 11.5 Å². The van der Waals surface area contributed by atoms with Crippen LogP contribution in [0.4, 0.5) is 10.6 Å². The fourth-order valence-electron chi connectivity index (χ4n) is 3.43. The number of methoxy groups -OCH3 is 1.